The molecule has 0 amide bonds. The quantitative estimate of drug-likeness (QED) is 0.684. The first-order valence-electron chi connectivity index (χ1n) is 7.21. The molecule has 0 saturated heterocycles. The first-order chi connectivity index (χ1) is 11.1. The van der Waals surface area contributed by atoms with Crippen molar-refractivity contribution >= 4 is 12.0 Å². The Balaban J connectivity index is 2.04. The Kier molecular flexibility index (Phi) is 3.93. The van der Waals surface area contributed by atoms with E-state index in [1.54, 1.807) is 30.0 Å². The van der Waals surface area contributed by atoms with E-state index in [1.807, 2.05) is 37.3 Å². The third-order valence-electron chi connectivity index (χ3n) is 3.68. The maximum absolute atomic E-state index is 12.9. The third kappa shape index (κ3) is 2.85. The maximum Gasteiger partial charge on any atom is 0.334 e. The van der Waals surface area contributed by atoms with Gasteiger partial charge in [0.1, 0.15) is 5.82 Å². The van der Waals surface area contributed by atoms with Crippen LogP contribution in [0.25, 0.3) is 5.69 Å². The summed E-state index contributed by atoms with van der Waals surface area (Å²) in [4.78, 5) is 16.9. The van der Waals surface area contributed by atoms with Crippen LogP contribution in [0.4, 0.5) is 10.2 Å². The molecule has 0 saturated carbocycles. The summed E-state index contributed by atoms with van der Waals surface area (Å²) in [5, 5.41) is 0. The van der Waals surface area contributed by atoms with E-state index in [9.17, 15) is 9.18 Å². The van der Waals surface area contributed by atoms with Crippen LogP contribution in [0.5, 0.6) is 0 Å². The van der Waals surface area contributed by atoms with E-state index >= 15 is 0 Å². The Hall–Kier alpha value is -2.95. The lowest BCUT2D eigenvalue weighted by atomic mass is 10.2. The van der Waals surface area contributed by atoms with E-state index in [4.69, 9.17) is 0 Å². The highest BCUT2D eigenvalue weighted by atomic mass is 19.1. The molecule has 116 valence electrons. The summed E-state index contributed by atoms with van der Waals surface area (Å²) < 4.78 is 16.1. The Morgan fingerprint density at radius 3 is 2.35 bits per heavy atom. The predicted molar refractivity (Wildman–Crippen MR) is 89.4 cm³/mol. The van der Waals surface area contributed by atoms with Crippen LogP contribution >= 0.6 is 0 Å². The number of hydrogen-bond acceptors (Lipinski definition) is 2. The third-order valence-corrected chi connectivity index (χ3v) is 3.68. The van der Waals surface area contributed by atoms with Crippen LogP contribution < -0.4 is 5.69 Å². The van der Waals surface area contributed by atoms with Gasteiger partial charge >= 0.3 is 5.69 Å². The lowest BCUT2D eigenvalue weighted by Crippen LogP contribution is -2.21. The SMILES string of the molecule is Cc1c(N=Cc2ccc(F)cc2)n(C)c(=O)n1-c1ccccc1. The van der Waals surface area contributed by atoms with Gasteiger partial charge in [-0.3, -0.25) is 9.13 Å². The Bertz CT molecular complexity index is 906. The van der Waals surface area contributed by atoms with Gasteiger partial charge in [-0.2, -0.15) is 0 Å². The van der Waals surface area contributed by atoms with Gasteiger partial charge in [-0.15, -0.1) is 0 Å². The van der Waals surface area contributed by atoms with Crippen LogP contribution in [-0.4, -0.2) is 15.3 Å². The van der Waals surface area contributed by atoms with Gasteiger partial charge in [0, 0.05) is 13.3 Å². The van der Waals surface area contributed by atoms with Crippen molar-refractivity contribution in [1.82, 2.24) is 9.13 Å². The minimum Gasteiger partial charge on any atom is -0.279 e. The molecule has 1 aromatic heterocycles. The zero-order valence-corrected chi connectivity index (χ0v) is 12.9. The number of para-hydroxylation sites is 1. The summed E-state index contributed by atoms with van der Waals surface area (Å²) in [7, 11) is 1.69. The molecule has 0 aliphatic carbocycles. The van der Waals surface area contributed by atoms with Crippen LogP contribution in [0.2, 0.25) is 0 Å². The van der Waals surface area contributed by atoms with Gasteiger partial charge in [-0.1, -0.05) is 30.3 Å². The molecule has 4 nitrogen and oxygen atoms in total. The normalized spacial score (nSPS) is 11.3. The molecule has 0 aliphatic heterocycles. The standard InChI is InChI=1S/C18H16FN3O/c1-13-17(20-12-14-8-10-15(19)11-9-14)21(2)18(23)22(13)16-6-4-3-5-7-16/h3-12H,1-2H3. The van der Waals surface area contributed by atoms with Crippen molar-refractivity contribution in [3.8, 4) is 5.69 Å². The zero-order valence-electron chi connectivity index (χ0n) is 12.9. The average molecular weight is 309 g/mol. The number of aromatic nitrogens is 2. The van der Waals surface area contributed by atoms with Crippen molar-refractivity contribution in [2.75, 3.05) is 0 Å². The highest BCUT2D eigenvalue weighted by Crippen LogP contribution is 2.19. The second-order valence-corrected chi connectivity index (χ2v) is 5.23. The highest BCUT2D eigenvalue weighted by Gasteiger charge is 2.14. The van der Waals surface area contributed by atoms with Gasteiger partial charge < -0.3 is 0 Å². The lowest BCUT2D eigenvalue weighted by molar-refractivity contribution is 0.628. The number of imidazole rings is 1. The molecule has 0 fully saturated rings. The highest BCUT2D eigenvalue weighted by molar-refractivity contribution is 5.81. The van der Waals surface area contributed by atoms with Gasteiger partial charge in [0.2, 0.25) is 0 Å². The van der Waals surface area contributed by atoms with E-state index in [0.717, 1.165) is 16.9 Å². The smallest absolute Gasteiger partial charge is 0.279 e. The summed E-state index contributed by atoms with van der Waals surface area (Å²) in [6.45, 7) is 1.85. The van der Waals surface area contributed by atoms with Crippen LogP contribution in [0.3, 0.4) is 0 Å². The molecule has 3 rings (SSSR count). The molecule has 0 bridgehead atoms. The molecular formula is C18H16FN3O. The average Bonchev–Trinajstić information content (AvgIpc) is 2.78. The van der Waals surface area contributed by atoms with Crippen LogP contribution in [0.15, 0.2) is 64.4 Å². The summed E-state index contributed by atoms with van der Waals surface area (Å²) in [5.74, 6) is 0.282. The van der Waals surface area contributed by atoms with E-state index < -0.39 is 0 Å². The minimum atomic E-state index is -0.291. The molecule has 0 spiro atoms. The number of hydrogen-bond donors (Lipinski definition) is 0. The monoisotopic (exact) mass is 309 g/mol. The molecular weight excluding hydrogens is 293 g/mol. The van der Waals surface area contributed by atoms with Gasteiger partial charge in [-0.25, -0.2) is 14.2 Å². The van der Waals surface area contributed by atoms with Gasteiger partial charge in [0.05, 0.1) is 11.4 Å². The lowest BCUT2D eigenvalue weighted by Gasteiger charge is -2.03. The number of rotatable bonds is 3. The second-order valence-electron chi connectivity index (χ2n) is 5.23. The number of aliphatic imine (C=N–C) groups is 1. The molecule has 5 heteroatoms. The van der Waals surface area contributed by atoms with E-state index in [1.165, 1.54) is 16.7 Å². The van der Waals surface area contributed by atoms with Crippen molar-refractivity contribution in [2.45, 2.75) is 6.92 Å². The maximum atomic E-state index is 12.9. The Morgan fingerprint density at radius 2 is 1.70 bits per heavy atom. The van der Waals surface area contributed by atoms with Crippen molar-refractivity contribution in [1.29, 1.82) is 0 Å². The fourth-order valence-electron chi connectivity index (χ4n) is 2.47. The molecule has 0 N–H and O–H groups in total. The van der Waals surface area contributed by atoms with Crippen LogP contribution in [0.1, 0.15) is 11.3 Å². The predicted octanol–water partition coefficient (Wildman–Crippen LogP) is 3.37. The van der Waals surface area contributed by atoms with Gasteiger partial charge in [0.15, 0.2) is 5.82 Å². The summed E-state index contributed by atoms with van der Waals surface area (Å²) in [6.07, 6.45) is 1.62. The van der Waals surface area contributed by atoms with Crippen molar-refractivity contribution in [3.05, 3.63) is 82.2 Å². The first-order valence-corrected chi connectivity index (χ1v) is 7.21. The number of benzene rings is 2. The van der Waals surface area contributed by atoms with Gasteiger partial charge in [0.25, 0.3) is 0 Å². The Morgan fingerprint density at radius 1 is 1.04 bits per heavy atom. The zero-order chi connectivity index (χ0) is 16.4. The molecule has 1 heterocycles. The topological polar surface area (TPSA) is 39.3 Å². The molecule has 0 atom stereocenters. The molecule has 2 aromatic carbocycles. The van der Waals surface area contributed by atoms with E-state index in [0.29, 0.717) is 5.82 Å². The fourth-order valence-corrected chi connectivity index (χ4v) is 2.47. The van der Waals surface area contributed by atoms with Crippen LogP contribution in [-0.2, 0) is 7.05 Å². The van der Waals surface area contributed by atoms with Crippen molar-refractivity contribution in [3.63, 3.8) is 0 Å². The minimum absolute atomic E-state index is 0.153. The number of halogens is 1. The summed E-state index contributed by atoms with van der Waals surface area (Å²) >= 11 is 0. The summed E-state index contributed by atoms with van der Waals surface area (Å²) in [6, 6.07) is 15.5. The fraction of sp³-hybridized carbons (Fsp3) is 0.111. The molecule has 0 radical (unpaired) electrons. The Labute approximate surface area is 133 Å². The van der Waals surface area contributed by atoms with Gasteiger partial charge in [-0.05, 0) is 36.8 Å². The van der Waals surface area contributed by atoms with E-state index in [2.05, 4.69) is 4.99 Å². The summed E-state index contributed by atoms with van der Waals surface area (Å²) in [5.41, 5.74) is 2.17. The molecule has 0 unspecified atom stereocenters. The van der Waals surface area contributed by atoms with Crippen LogP contribution in [0, 0.1) is 12.7 Å². The molecule has 0 aliphatic rings. The largest absolute Gasteiger partial charge is 0.334 e. The van der Waals surface area contributed by atoms with E-state index in [-0.39, 0.29) is 11.5 Å². The molecule has 3 aromatic rings. The molecule has 23 heavy (non-hydrogen) atoms. The van der Waals surface area contributed by atoms with Crippen molar-refractivity contribution in [2.24, 2.45) is 12.0 Å². The second kappa shape index (κ2) is 6.04. The van der Waals surface area contributed by atoms with Crippen molar-refractivity contribution < 1.29 is 4.39 Å². The number of nitrogens with zero attached hydrogens (tertiary/aromatic N) is 3. The first kappa shape index (κ1) is 15.0.